The maximum atomic E-state index is 6.24. The van der Waals surface area contributed by atoms with Crippen molar-refractivity contribution in [3.05, 3.63) is 53.4 Å². The van der Waals surface area contributed by atoms with Gasteiger partial charge >= 0.3 is 0 Å². The van der Waals surface area contributed by atoms with Crippen molar-refractivity contribution in [2.45, 2.75) is 72.9 Å². The zero-order chi connectivity index (χ0) is 21.0. The lowest BCUT2D eigenvalue weighted by atomic mass is 9.69. The Balaban J connectivity index is 0. The van der Waals surface area contributed by atoms with Gasteiger partial charge in [-0.25, -0.2) is 0 Å². The molecule has 192 valence electrons. The van der Waals surface area contributed by atoms with Gasteiger partial charge in [-0.05, 0) is 60.8 Å². The number of nitrogens with one attached hydrogen (secondary N) is 1. The number of allylic oxidation sites excluding steroid dienone is 4. The number of alkyl halides is 1. The van der Waals surface area contributed by atoms with Crippen LogP contribution in [0.25, 0.3) is 0 Å². The number of rotatable bonds is 7. The summed E-state index contributed by atoms with van der Waals surface area (Å²) in [5, 5.41) is 3.98. The van der Waals surface area contributed by atoms with Crippen LogP contribution in [-0.4, -0.2) is 57.4 Å². The Kier molecular flexibility index (Phi) is 15.3. The summed E-state index contributed by atoms with van der Waals surface area (Å²) in [4.78, 5) is 7.09. The second kappa shape index (κ2) is 14.9. The van der Waals surface area contributed by atoms with E-state index in [0.29, 0.717) is 17.9 Å². The van der Waals surface area contributed by atoms with Crippen LogP contribution in [0, 0.1) is 24.2 Å². The average Bonchev–Trinajstić information content (AvgIpc) is 2.66. The van der Waals surface area contributed by atoms with Crippen LogP contribution in [0.1, 0.15) is 59.2 Å². The average molecular weight is 486 g/mol. The molecule has 7 N–H and O–H groups in total. The van der Waals surface area contributed by atoms with Gasteiger partial charge in [0.2, 0.25) is 0 Å². The molecule has 1 aromatic rings. The molecule has 1 aromatic heterocycles. The fourth-order valence-corrected chi connectivity index (χ4v) is 5.01. The molecular weight excluding hydrogens is 438 g/mol. The molecule has 0 spiro atoms. The number of aromatic nitrogens is 1. The van der Waals surface area contributed by atoms with Crippen LogP contribution in [0.15, 0.2) is 42.1 Å². The maximum Gasteiger partial charge on any atom is 0.0553 e. The molecule has 1 fully saturated rings. The van der Waals surface area contributed by atoms with Crippen molar-refractivity contribution in [2.24, 2.45) is 17.3 Å². The largest absolute Gasteiger partial charge is 0.412 e. The molecule has 0 aromatic carbocycles. The third-order valence-corrected chi connectivity index (χ3v) is 7.04. The lowest BCUT2D eigenvalue weighted by Crippen LogP contribution is -2.51. The zero-order valence-electron chi connectivity index (χ0n) is 20.3. The summed E-state index contributed by atoms with van der Waals surface area (Å²) < 4.78 is 0. The van der Waals surface area contributed by atoms with Gasteiger partial charge < -0.3 is 26.6 Å². The number of nitrogens with zero attached hydrogens (tertiary/aromatic N) is 2. The van der Waals surface area contributed by atoms with Gasteiger partial charge in [0.25, 0.3) is 0 Å². The van der Waals surface area contributed by atoms with E-state index in [1.165, 1.54) is 24.1 Å². The molecule has 7 heteroatoms. The molecule has 1 saturated heterocycles. The topological polar surface area (TPSA) is 123 Å². The zero-order valence-corrected chi connectivity index (χ0v) is 21.0. The number of pyridine rings is 1. The van der Waals surface area contributed by atoms with Gasteiger partial charge in [-0.2, -0.15) is 0 Å². The molecule has 1 aliphatic heterocycles. The van der Waals surface area contributed by atoms with Crippen LogP contribution in [0.3, 0.4) is 0 Å². The van der Waals surface area contributed by atoms with E-state index in [1.807, 2.05) is 12.3 Å². The highest BCUT2D eigenvalue weighted by molar-refractivity contribution is 6.22. The minimum Gasteiger partial charge on any atom is -0.412 e. The van der Waals surface area contributed by atoms with Gasteiger partial charge in [0.05, 0.1) is 5.38 Å². The normalized spacial score (nSPS) is 22.7. The summed E-state index contributed by atoms with van der Waals surface area (Å²) in [7, 11) is 0. The van der Waals surface area contributed by atoms with E-state index in [4.69, 9.17) is 11.6 Å². The molecule has 0 radical (unpaired) electrons. The lowest BCUT2D eigenvalue weighted by molar-refractivity contribution is 0.0630. The first-order valence-electron chi connectivity index (χ1n) is 11.1. The minimum absolute atomic E-state index is 0. The maximum absolute atomic E-state index is 6.24. The van der Waals surface area contributed by atoms with E-state index in [0.717, 1.165) is 31.7 Å². The Labute approximate surface area is 206 Å². The molecule has 0 bridgehead atoms. The van der Waals surface area contributed by atoms with Gasteiger partial charge in [-0.1, -0.05) is 59.4 Å². The third-order valence-electron chi connectivity index (χ3n) is 6.72. The van der Waals surface area contributed by atoms with Crippen LogP contribution in [0.5, 0.6) is 0 Å². The predicted molar refractivity (Wildman–Crippen MR) is 142 cm³/mol. The summed E-state index contributed by atoms with van der Waals surface area (Å²) in [6.45, 7) is 15.9. The van der Waals surface area contributed by atoms with E-state index in [9.17, 15) is 0 Å². The Hall–Kier alpha value is -1.28. The summed E-state index contributed by atoms with van der Waals surface area (Å²) in [5.74, 6) is 1.22. The van der Waals surface area contributed by atoms with Crippen LogP contribution in [0.2, 0.25) is 0 Å². The van der Waals surface area contributed by atoms with Crippen molar-refractivity contribution in [3.8, 4) is 0 Å². The van der Waals surface area contributed by atoms with Crippen molar-refractivity contribution in [2.75, 3.05) is 19.6 Å². The number of piperidine rings is 1. The first-order valence-corrected chi connectivity index (χ1v) is 11.6. The van der Waals surface area contributed by atoms with E-state index in [1.54, 1.807) is 0 Å². The molecule has 3 atom stereocenters. The highest BCUT2D eigenvalue weighted by Crippen LogP contribution is 2.41. The molecule has 3 rings (SSSR count). The van der Waals surface area contributed by atoms with Crippen LogP contribution >= 0.6 is 11.6 Å². The molecule has 2 aliphatic rings. The van der Waals surface area contributed by atoms with Crippen LogP contribution < -0.4 is 5.32 Å². The Morgan fingerprint density at radius 1 is 1.24 bits per heavy atom. The fourth-order valence-electron chi connectivity index (χ4n) is 4.85. The summed E-state index contributed by atoms with van der Waals surface area (Å²) in [5.41, 5.74) is 4.19. The van der Waals surface area contributed by atoms with E-state index in [2.05, 4.69) is 74.1 Å². The van der Waals surface area contributed by atoms with Gasteiger partial charge in [-0.15, -0.1) is 11.6 Å². The highest BCUT2D eigenvalue weighted by Gasteiger charge is 2.38. The first kappa shape index (κ1) is 33.9. The molecule has 0 saturated carbocycles. The van der Waals surface area contributed by atoms with Crippen molar-refractivity contribution in [3.63, 3.8) is 0 Å². The highest BCUT2D eigenvalue weighted by atomic mass is 35.5. The van der Waals surface area contributed by atoms with E-state index < -0.39 is 0 Å². The second-order valence-corrected chi connectivity index (χ2v) is 10.4. The second-order valence-electron chi connectivity index (χ2n) is 9.86. The standard InChI is InChI=1S/C25H38ClN3.CH4.3H2O/c1-18(2)24(28-15-21-7-6-13-27-19(21)3)16-29-14-12-23(25(4,5)17-29)20-8-10-22(26)11-9-20;;;;/h6-10,13,18,22-24,28H,11-12,14-17H2,1-5H3;1H4;3*1H2/t22?,23-,24+;;;;/m1..../s1. The number of hydrogen-bond donors (Lipinski definition) is 1. The van der Waals surface area contributed by atoms with Gasteiger partial charge in [0.1, 0.15) is 0 Å². The molecule has 0 amide bonds. The molecule has 1 unspecified atom stereocenters. The van der Waals surface area contributed by atoms with E-state index >= 15 is 0 Å². The van der Waals surface area contributed by atoms with Crippen LogP contribution in [0.4, 0.5) is 0 Å². The SMILES string of the molecule is C.Cc1ncccc1CN[C@@H](CN1CC[C@H](C2=CCC(Cl)C=C2)C(C)(C)C1)C(C)C.O.O.O. The predicted octanol–water partition coefficient (Wildman–Crippen LogP) is 3.51. The van der Waals surface area contributed by atoms with E-state index in [-0.39, 0.29) is 34.6 Å². The smallest absolute Gasteiger partial charge is 0.0553 e. The summed E-state index contributed by atoms with van der Waals surface area (Å²) in [6.07, 6.45) is 10.9. The molecule has 2 heterocycles. The van der Waals surface area contributed by atoms with Gasteiger partial charge in [-0.3, -0.25) is 4.98 Å². The van der Waals surface area contributed by atoms with Crippen molar-refractivity contribution in [1.29, 1.82) is 0 Å². The summed E-state index contributed by atoms with van der Waals surface area (Å²) in [6, 6.07) is 4.69. The Bertz CT molecular complexity index is 752. The minimum atomic E-state index is 0. The number of hydrogen-bond acceptors (Lipinski definition) is 3. The molecule has 6 nitrogen and oxygen atoms in total. The quantitative estimate of drug-likeness (QED) is 0.594. The van der Waals surface area contributed by atoms with Crippen LogP contribution in [-0.2, 0) is 6.54 Å². The monoisotopic (exact) mass is 485 g/mol. The van der Waals surface area contributed by atoms with Crippen molar-refractivity contribution in [1.82, 2.24) is 15.2 Å². The third kappa shape index (κ3) is 9.12. The number of halogens is 1. The molecule has 1 aliphatic carbocycles. The molecular formula is C26H48ClN3O3. The van der Waals surface area contributed by atoms with Crippen molar-refractivity contribution >= 4 is 11.6 Å². The Morgan fingerprint density at radius 3 is 2.48 bits per heavy atom. The number of likely N-dealkylation sites (tertiary alicyclic amines) is 1. The van der Waals surface area contributed by atoms with Gasteiger partial charge in [0.15, 0.2) is 0 Å². The lowest BCUT2D eigenvalue weighted by Gasteiger charge is -2.46. The fraction of sp³-hybridized carbons (Fsp3) is 0.654. The summed E-state index contributed by atoms with van der Waals surface area (Å²) >= 11 is 6.24. The number of aryl methyl sites for hydroxylation is 1. The van der Waals surface area contributed by atoms with Crippen molar-refractivity contribution < 1.29 is 16.4 Å². The van der Waals surface area contributed by atoms with Gasteiger partial charge in [0, 0.05) is 37.6 Å². The first-order chi connectivity index (χ1) is 13.8. The molecule has 33 heavy (non-hydrogen) atoms. The Morgan fingerprint density at radius 2 is 1.94 bits per heavy atom.